The highest BCUT2D eigenvalue weighted by molar-refractivity contribution is 6.30. The number of hydrogen-bond donors (Lipinski definition) is 0. The van der Waals surface area contributed by atoms with E-state index in [1.807, 2.05) is 66.7 Å². The number of halogens is 1. The number of imidazole rings is 1. The summed E-state index contributed by atoms with van der Waals surface area (Å²) >= 11 is 6.88. The van der Waals surface area contributed by atoms with E-state index in [1.165, 1.54) is 0 Å². The third-order valence-electron chi connectivity index (χ3n) is 7.32. The summed E-state index contributed by atoms with van der Waals surface area (Å²) < 4.78 is 25.5. The Balaban J connectivity index is 1.27. The first kappa shape index (κ1) is 28.8. The van der Waals surface area contributed by atoms with Crippen LogP contribution < -0.4 is 14.2 Å². The van der Waals surface area contributed by atoms with Gasteiger partial charge in [0.15, 0.2) is 22.4 Å². The molecule has 3 aromatic carbocycles. The molecule has 1 aliphatic rings. The summed E-state index contributed by atoms with van der Waals surface area (Å²) in [7, 11) is 0. The van der Waals surface area contributed by atoms with Crippen LogP contribution in [0.15, 0.2) is 89.5 Å². The lowest BCUT2D eigenvalue weighted by Gasteiger charge is -2.24. The lowest BCUT2D eigenvalue weighted by molar-refractivity contribution is 0.170. The maximum Gasteiger partial charge on any atom is 0.254 e. The third-order valence-corrected chi connectivity index (χ3v) is 7.63. The van der Waals surface area contributed by atoms with Gasteiger partial charge in [0.05, 0.1) is 12.2 Å². The van der Waals surface area contributed by atoms with Gasteiger partial charge in [-0.25, -0.2) is 4.98 Å². The summed E-state index contributed by atoms with van der Waals surface area (Å²) in [5, 5.41) is 4.68. The Morgan fingerprint density at radius 1 is 0.860 bits per heavy atom. The van der Waals surface area contributed by atoms with Crippen LogP contribution in [0.3, 0.4) is 0 Å². The number of fused-ring (bicyclic) bond motifs is 1. The number of ether oxygens (including phenoxy) is 3. The fraction of sp³-hybridized carbons (Fsp3) is 0.294. The van der Waals surface area contributed by atoms with Crippen molar-refractivity contribution in [3.05, 3.63) is 113 Å². The van der Waals surface area contributed by atoms with Crippen molar-refractivity contribution in [3.63, 3.8) is 0 Å². The summed E-state index contributed by atoms with van der Waals surface area (Å²) in [4.78, 5) is 7.10. The maximum absolute atomic E-state index is 6.88. The zero-order chi connectivity index (χ0) is 29.4. The van der Waals surface area contributed by atoms with Crippen molar-refractivity contribution in [1.29, 1.82) is 0 Å². The minimum Gasteiger partial charge on any atom is -0.486 e. The summed E-state index contributed by atoms with van der Waals surface area (Å²) in [6, 6.07) is 28.1. The molecule has 0 aliphatic carbocycles. The highest BCUT2D eigenvalue weighted by Gasteiger charge is 2.22. The molecule has 0 fully saturated rings. The Bertz CT molecular complexity index is 1620. The maximum atomic E-state index is 6.88. The van der Waals surface area contributed by atoms with E-state index in [9.17, 15) is 0 Å². The van der Waals surface area contributed by atoms with E-state index in [0.29, 0.717) is 56.2 Å². The van der Waals surface area contributed by atoms with Gasteiger partial charge in [0.1, 0.15) is 25.6 Å². The van der Waals surface area contributed by atoms with Crippen LogP contribution in [0.5, 0.6) is 17.4 Å². The quantitative estimate of drug-likeness (QED) is 0.139. The predicted octanol–water partition coefficient (Wildman–Crippen LogP) is 7.54. The van der Waals surface area contributed by atoms with Gasteiger partial charge in [0.25, 0.3) is 5.88 Å². The zero-order valence-electron chi connectivity index (χ0n) is 24.2. The molecule has 3 heterocycles. The topological polar surface area (TPSA) is 74.8 Å². The first-order chi connectivity index (χ1) is 21.2. The van der Waals surface area contributed by atoms with E-state index < -0.39 is 0 Å². The number of hydrogen-bond acceptors (Lipinski definition) is 7. The summed E-state index contributed by atoms with van der Waals surface area (Å²) in [5.41, 5.74) is 4.16. The second kappa shape index (κ2) is 13.8. The van der Waals surface area contributed by atoms with Gasteiger partial charge in [-0.15, -0.1) is 0 Å². The zero-order valence-corrected chi connectivity index (χ0v) is 25.0. The van der Waals surface area contributed by atoms with Gasteiger partial charge in [0.2, 0.25) is 0 Å². The minimum atomic E-state index is 0.419. The van der Waals surface area contributed by atoms with Gasteiger partial charge < -0.3 is 23.3 Å². The van der Waals surface area contributed by atoms with Crippen molar-refractivity contribution in [2.75, 3.05) is 13.2 Å². The number of unbranched alkanes of at least 4 members (excludes halogenated alkanes) is 1. The SMILES string of the molecule is CCCCn1c(-c2ccccc2)nc(Cl)c1CN(Cc1ccc2c(c1)OCCO2)Cc1cc(OCc2ccccc2)no1. The fourth-order valence-electron chi connectivity index (χ4n) is 5.18. The molecule has 5 aromatic rings. The lowest BCUT2D eigenvalue weighted by atomic mass is 10.1. The van der Waals surface area contributed by atoms with E-state index in [-0.39, 0.29) is 0 Å². The van der Waals surface area contributed by atoms with Crippen LogP contribution in [0.25, 0.3) is 11.4 Å². The first-order valence-electron chi connectivity index (χ1n) is 14.7. The monoisotopic (exact) mass is 598 g/mol. The standard InChI is InChI=1S/C34H35ClN4O4/c1-2-3-16-39-29(33(35)36-34(39)27-12-8-5-9-13-27)23-38(21-26-14-15-30-31(19-26)41-18-17-40-30)22-28-20-32(37-43-28)42-24-25-10-6-4-7-11-25/h4-15,19-20H,2-3,16-18,21-24H2,1H3. The Kier molecular flexibility index (Phi) is 9.25. The minimum absolute atomic E-state index is 0.419. The van der Waals surface area contributed by atoms with Crippen LogP contribution in [0.1, 0.15) is 42.3 Å². The van der Waals surface area contributed by atoms with E-state index in [2.05, 4.69) is 39.7 Å². The van der Waals surface area contributed by atoms with E-state index >= 15 is 0 Å². The van der Waals surface area contributed by atoms with Crippen LogP contribution in [-0.4, -0.2) is 32.8 Å². The average molecular weight is 599 g/mol. The van der Waals surface area contributed by atoms with Crippen LogP contribution in [0.2, 0.25) is 5.15 Å². The van der Waals surface area contributed by atoms with Crippen molar-refractivity contribution >= 4 is 11.6 Å². The molecular formula is C34H35ClN4O4. The largest absolute Gasteiger partial charge is 0.486 e. The van der Waals surface area contributed by atoms with Crippen molar-refractivity contribution in [3.8, 4) is 28.8 Å². The highest BCUT2D eigenvalue weighted by atomic mass is 35.5. The molecule has 9 heteroatoms. The van der Waals surface area contributed by atoms with Gasteiger partial charge in [-0.1, -0.05) is 91.7 Å². The summed E-state index contributed by atoms with van der Waals surface area (Å²) in [6.07, 6.45) is 2.08. The predicted molar refractivity (Wildman–Crippen MR) is 165 cm³/mol. The van der Waals surface area contributed by atoms with Crippen LogP contribution in [-0.2, 0) is 32.8 Å². The Labute approximate surface area is 256 Å². The molecule has 0 radical (unpaired) electrons. The van der Waals surface area contributed by atoms with E-state index in [0.717, 1.165) is 59.1 Å². The second-order valence-electron chi connectivity index (χ2n) is 10.6. The average Bonchev–Trinajstić information content (AvgIpc) is 3.63. The molecule has 43 heavy (non-hydrogen) atoms. The Morgan fingerprint density at radius 3 is 2.42 bits per heavy atom. The molecule has 0 N–H and O–H groups in total. The summed E-state index contributed by atoms with van der Waals surface area (Å²) in [5.74, 6) is 3.56. The normalized spacial score (nSPS) is 12.5. The Hall–Kier alpha value is -4.27. The molecule has 0 saturated heterocycles. The molecule has 8 nitrogen and oxygen atoms in total. The van der Waals surface area contributed by atoms with Gasteiger partial charge >= 0.3 is 0 Å². The van der Waals surface area contributed by atoms with Gasteiger partial charge in [-0.05, 0) is 34.8 Å². The molecule has 0 bridgehead atoms. The molecule has 0 spiro atoms. The smallest absolute Gasteiger partial charge is 0.254 e. The van der Waals surface area contributed by atoms with Crippen molar-refractivity contribution in [1.82, 2.24) is 19.6 Å². The van der Waals surface area contributed by atoms with Gasteiger partial charge in [-0.2, -0.15) is 0 Å². The van der Waals surface area contributed by atoms with Crippen molar-refractivity contribution in [2.45, 2.75) is 52.6 Å². The molecule has 0 saturated carbocycles. The summed E-state index contributed by atoms with van der Waals surface area (Å²) in [6.45, 7) is 6.20. The van der Waals surface area contributed by atoms with Gasteiger partial charge in [0, 0.05) is 31.3 Å². The van der Waals surface area contributed by atoms with Crippen LogP contribution in [0, 0.1) is 0 Å². The number of benzene rings is 3. The molecule has 0 unspecified atom stereocenters. The number of rotatable bonds is 13. The molecule has 6 rings (SSSR count). The lowest BCUT2D eigenvalue weighted by Crippen LogP contribution is -2.24. The molecule has 1 aliphatic heterocycles. The fourth-order valence-corrected chi connectivity index (χ4v) is 5.43. The number of aromatic nitrogens is 3. The third kappa shape index (κ3) is 7.21. The van der Waals surface area contributed by atoms with Crippen molar-refractivity contribution < 1.29 is 18.7 Å². The molecule has 0 atom stereocenters. The van der Waals surface area contributed by atoms with Crippen molar-refractivity contribution in [2.24, 2.45) is 0 Å². The second-order valence-corrected chi connectivity index (χ2v) is 10.9. The highest BCUT2D eigenvalue weighted by Crippen LogP contribution is 2.33. The Morgan fingerprint density at radius 2 is 1.63 bits per heavy atom. The molecule has 2 aromatic heterocycles. The van der Waals surface area contributed by atoms with E-state index in [4.69, 9.17) is 35.3 Å². The molecular weight excluding hydrogens is 564 g/mol. The van der Waals surface area contributed by atoms with Crippen LogP contribution >= 0.6 is 11.6 Å². The molecule has 0 amide bonds. The molecule has 222 valence electrons. The van der Waals surface area contributed by atoms with Crippen LogP contribution in [0.4, 0.5) is 0 Å². The van der Waals surface area contributed by atoms with E-state index in [1.54, 1.807) is 0 Å². The number of nitrogens with zero attached hydrogens (tertiary/aromatic N) is 4. The van der Waals surface area contributed by atoms with Gasteiger partial charge in [-0.3, -0.25) is 4.90 Å². The first-order valence-corrected chi connectivity index (χ1v) is 15.1.